The minimum atomic E-state index is -1.01. The van der Waals surface area contributed by atoms with Crippen LogP contribution in [0.15, 0.2) is 54.1 Å². The van der Waals surface area contributed by atoms with Gasteiger partial charge in [0.2, 0.25) is 0 Å². The molecule has 8 heteroatoms. The van der Waals surface area contributed by atoms with Gasteiger partial charge >= 0.3 is 5.97 Å². The van der Waals surface area contributed by atoms with Crippen LogP contribution in [0.3, 0.4) is 0 Å². The summed E-state index contributed by atoms with van der Waals surface area (Å²) in [6.07, 6.45) is 1.56. The SMILES string of the molecule is Cc1ccc(C(=O)O)cc1-n1c(C)cc(C=C2C(=O)NC(=S)N(c3ccc(C(C)C)cc3)C2=O)c1C. The number of carboxylic acids is 1. The number of carbonyl (C=O) groups is 3. The smallest absolute Gasteiger partial charge is 0.335 e. The lowest BCUT2D eigenvalue weighted by Crippen LogP contribution is -2.54. The van der Waals surface area contributed by atoms with E-state index in [1.807, 2.05) is 55.7 Å². The number of hydrogen-bond donors (Lipinski definition) is 2. The van der Waals surface area contributed by atoms with Crippen LogP contribution in [0.4, 0.5) is 5.69 Å². The van der Waals surface area contributed by atoms with Gasteiger partial charge in [0.15, 0.2) is 5.11 Å². The molecule has 0 spiro atoms. The number of benzene rings is 2. The number of rotatable bonds is 5. The maximum absolute atomic E-state index is 13.5. The summed E-state index contributed by atoms with van der Waals surface area (Å²) in [7, 11) is 0. The average molecular weight is 502 g/mol. The molecule has 4 rings (SSSR count). The fourth-order valence-electron chi connectivity index (χ4n) is 4.34. The summed E-state index contributed by atoms with van der Waals surface area (Å²) in [6.45, 7) is 9.83. The Morgan fingerprint density at radius 2 is 1.69 bits per heavy atom. The Balaban J connectivity index is 1.76. The second kappa shape index (κ2) is 9.54. The Morgan fingerprint density at radius 1 is 1.03 bits per heavy atom. The molecule has 0 aliphatic carbocycles. The number of aromatic nitrogens is 1. The van der Waals surface area contributed by atoms with Crippen molar-refractivity contribution >= 4 is 46.9 Å². The largest absolute Gasteiger partial charge is 0.478 e. The summed E-state index contributed by atoms with van der Waals surface area (Å²) in [4.78, 5) is 39.1. The summed E-state index contributed by atoms with van der Waals surface area (Å²) in [5, 5.41) is 12.1. The highest BCUT2D eigenvalue weighted by Gasteiger charge is 2.34. The number of amides is 2. The Hall–Kier alpha value is -4.04. The van der Waals surface area contributed by atoms with Gasteiger partial charge in [-0.15, -0.1) is 0 Å². The van der Waals surface area contributed by atoms with Gasteiger partial charge in [-0.2, -0.15) is 0 Å². The lowest BCUT2D eigenvalue weighted by atomic mass is 10.0. The number of aryl methyl sites for hydroxylation is 2. The molecule has 1 saturated heterocycles. The lowest BCUT2D eigenvalue weighted by molar-refractivity contribution is -0.122. The molecule has 184 valence electrons. The second-order valence-corrected chi connectivity index (χ2v) is 9.56. The first-order valence-corrected chi connectivity index (χ1v) is 11.9. The van der Waals surface area contributed by atoms with Crippen molar-refractivity contribution in [2.75, 3.05) is 4.90 Å². The van der Waals surface area contributed by atoms with Gasteiger partial charge in [-0.1, -0.05) is 32.0 Å². The first-order valence-electron chi connectivity index (χ1n) is 11.5. The van der Waals surface area contributed by atoms with Gasteiger partial charge in [-0.05, 0) is 92.0 Å². The number of nitrogens with one attached hydrogen (secondary N) is 1. The molecule has 2 amide bonds. The van der Waals surface area contributed by atoms with Gasteiger partial charge in [0.25, 0.3) is 11.8 Å². The average Bonchev–Trinajstić information content (AvgIpc) is 3.09. The molecule has 2 N–H and O–H groups in total. The zero-order valence-corrected chi connectivity index (χ0v) is 21.6. The van der Waals surface area contributed by atoms with Crippen LogP contribution < -0.4 is 10.2 Å². The number of thiocarbonyl (C=S) groups is 1. The van der Waals surface area contributed by atoms with Crippen molar-refractivity contribution in [2.24, 2.45) is 0 Å². The zero-order valence-electron chi connectivity index (χ0n) is 20.7. The maximum Gasteiger partial charge on any atom is 0.335 e. The van der Waals surface area contributed by atoms with E-state index in [2.05, 4.69) is 19.2 Å². The summed E-state index contributed by atoms with van der Waals surface area (Å²) in [5.41, 5.74) is 5.75. The molecule has 1 aliphatic heterocycles. The summed E-state index contributed by atoms with van der Waals surface area (Å²) < 4.78 is 1.92. The Bertz CT molecular complexity index is 1450. The van der Waals surface area contributed by atoms with E-state index < -0.39 is 17.8 Å². The first-order chi connectivity index (χ1) is 17.0. The molecule has 0 radical (unpaired) electrons. The van der Waals surface area contributed by atoms with E-state index in [4.69, 9.17) is 12.2 Å². The highest BCUT2D eigenvalue weighted by Crippen LogP contribution is 2.28. The van der Waals surface area contributed by atoms with Crippen molar-refractivity contribution in [1.82, 2.24) is 9.88 Å². The third-order valence-corrected chi connectivity index (χ3v) is 6.67. The van der Waals surface area contributed by atoms with Gasteiger partial charge in [-0.3, -0.25) is 19.8 Å². The van der Waals surface area contributed by atoms with E-state index in [1.54, 1.807) is 24.3 Å². The van der Waals surface area contributed by atoms with Crippen molar-refractivity contribution in [3.8, 4) is 5.69 Å². The van der Waals surface area contributed by atoms with Gasteiger partial charge in [0.1, 0.15) is 5.57 Å². The third-order valence-electron chi connectivity index (χ3n) is 6.39. The quantitative estimate of drug-likeness (QED) is 0.290. The molecule has 1 aliphatic rings. The van der Waals surface area contributed by atoms with Crippen molar-refractivity contribution in [3.05, 3.63) is 87.7 Å². The highest BCUT2D eigenvalue weighted by atomic mass is 32.1. The predicted molar refractivity (Wildman–Crippen MR) is 144 cm³/mol. The molecule has 0 atom stereocenters. The van der Waals surface area contributed by atoms with E-state index in [0.29, 0.717) is 17.2 Å². The number of aromatic carboxylic acids is 1. The Labute approximate surface area is 215 Å². The standard InChI is InChI=1S/C28H27N3O4S/c1-15(2)19-8-10-22(11-9-19)31-26(33)23(25(32)29-28(31)36)13-21-12-17(4)30(18(21)5)24-14-20(27(34)35)7-6-16(24)3/h6-15H,1-5H3,(H,34,35)(H,29,32,36). The zero-order chi connectivity index (χ0) is 26.3. The molecule has 0 bridgehead atoms. The molecule has 1 aromatic heterocycles. The highest BCUT2D eigenvalue weighted by molar-refractivity contribution is 7.80. The fraction of sp³-hybridized carbons (Fsp3) is 0.214. The van der Waals surface area contributed by atoms with E-state index in [0.717, 1.165) is 28.2 Å². The molecule has 36 heavy (non-hydrogen) atoms. The monoisotopic (exact) mass is 501 g/mol. The minimum Gasteiger partial charge on any atom is -0.478 e. The molecule has 0 unspecified atom stereocenters. The Morgan fingerprint density at radius 3 is 2.31 bits per heavy atom. The Kier molecular flexibility index (Phi) is 6.65. The summed E-state index contributed by atoms with van der Waals surface area (Å²) in [6, 6.07) is 14.3. The third kappa shape index (κ3) is 4.47. The fourth-order valence-corrected chi connectivity index (χ4v) is 4.62. The van der Waals surface area contributed by atoms with Gasteiger partial charge in [-0.25, -0.2) is 4.79 Å². The van der Waals surface area contributed by atoms with Crippen LogP contribution in [-0.4, -0.2) is 32.6 Å². The lowest BCUT2D eigenvalue weighted by Gasteiger charge is -2.29. The van der Waals surface area contributed by atoms with Gasteiger partial charge < -0.3 is 9.67 Å². The predicted octanol–water partition coefficient (Wildman–Crippen LogP) is 5.06. The van der Waals surface area contributed by atoms with Gasteiger partial charge in [0.05, 0.1) is 11.3 Å². The van der Waals surface area contributed by atoms with Crippen LogP contribution in [0.5, 0.6) is 0 Å². The van der Waals surface area contributed by atoms with E-state index >= 15 is 0 Å². The molecule has 7 nitrogen and oxygen atoms in total. The van der Waals surface area contributed by atoms with Crippen LogP contribution in [0.2, 0.25) is 0 Å². The number of carboxylic acid groups (broad SMARTS) is 1. The van der Waals surface area contributed by atoms with Crippen LogP contribution in [0.1, 0.15) is 58.2 Å². The maximum atomic E-state index is 13.5. The molecular weight excluding hydrogens is 474 g/mol. The van der Waals surface area contributed by atoms with E-state index in [9.17, 15) is 19.5 Å². The number of anilines is 1. The van der Waals surface area contributed by atoms with Crippen molar-refractivity contribution in [2.45, 2.75) is 40.5 Å². The van der Waals surface area contributed by atoms with E-state index in [-0.39, 0.29) is 16.2 Å². The second-order valence-electron chi connectivity index (χ2n) is 9.17. The van der Waals surface area contributed by atoms with Crippen LogP contribution in [-0.2, 0) is 9.59 Å². The summed E-state index contributed by atoms with van der Waals surface area (Å²) >= 11 is 5.32. The molecule has 1 fully saturated rings. The normalized spacial score (nSPS) is 15.1. The van der Waals surface area contributed by atoms with Crippen LogP contribution in [0.25, 0.3) is 11.8 Å². The first kappa shape index (κ1) is 25.1. The van der Waals surface area contributed by atoms with Crippen LogP contribution in [0, 0.1) is 20.8 Å². The number of nitrogens with zero attached hydrogens (tertiary/aromatic N) is 2. The molecule has 3 aromatic rings. The van der Waals surface area contributed by atoms with E-state index in [1.165, 1.54) is 4.90 Å². The topological polar surface area (TPSA) is 91.6 Å². The van der Waals surface area contributed by atoms with Crippen molar-refractivity contribution in [1.29, 1.82) is 0 Å². The van der Waals surface area contributed by atoms with Crippen LogP contribution >= 0.6 is 12.2 Å². The van der Waals surface area contributed by atoms with Crippen molar-refractivity contribution in [3.63, 3.8) is 0 Å². The summed E-state index contributed by atoms with van der Waals surface area (Å²) in [5.74, 6) is -1.74. The number of hydrogen-bond acceptors (Lipinski definition) is 4. The minimum absolute atomic E-state index is 0.0334. The molecule has 2 aromatic carbocycles. The van der Waals surface area contributed by atoms with Crippen molar-refractivity contribution < 1.29 is 19.5 Å². The number of carbonyl (C=O) groups excluding carboxylic acids is 2. The van der Waals surface area contributed by atoms with Gasteiger partial charge in [0, 0.05) is 17.1 Å². The molecular formula is C28H27N3O4S. The molecule has 0 saturated carbocycles. The molecule has 2 heterocycles.